The summed E-state index contributed by atoms with van der Waals surface area (Å²) in [4.78, 5) is 0. The van der Waals surface area contributed by atoms with Gasteiger partial charge in [0.05, 0.1) is 7.11 Å². The first-order chi connectivity index (χ1) is 9.71. The largest absolute Gasteiger partial charge is 0.493 e. The Morgan fingerprint density at radius 2 is 1.95 bits per heavy atom. The maximum atomic E-state index is 12.3. The van der Waals surface area contributed by atoms with Crippen molar-refractivity contribution in [1.82, 2.24) is 5.32 Å². The molecule has 0 unspecified atom stereocenters. The predicted molar refractivity (Wildman–Crippen MR) is 81.0 cm³/mol. The molecular weight excluding hydrogens is 276 g/mol. The van der Waals surface area contributed by atoms with Gasteiger partial charge in [0, 0.05) is 12.1 Å². The molecule has 1 rings (SSSR count). The third-order valence-corrected chi connectivity index (χ3v) is 2.71. The summed E-state index contributed by atoms with van der Waals surface area (Å²) in [5.74, 6) is 0.329. The van der Waals surface area contributed by atoms with Crippen molar-refractivity contribution in [1.29, 1.82) is 0 Å². The van der Waals surface area contributed by atoms with Crippen molar-refractivity contribution >= 4 is 6.08 Å². The first-order valence-corrected chi connectivity index (χ1v) is 6.76. The van der Waals surface area contributed by atoms with Crippen LogP contribution in [0.5, 0.6) is 11.5 Å². The number of hydrogen-bond acceptors (Lipinski definition) is 3. The summed E-state index contributed by atoms with van der Waals surface area (Å²) in [6.07, 6.45) is 1.98. The highest BCUT2D eigenvalue weighted by molar-refractivity contribution is 5.58. The maximum Gasteiger partial charge on any atom is 0.387 e. The summed E-state index contributed by atoms with van der Waals surface area (Å²) in [7, 11) is 1.43. The van der Waals surface area contributed by atoms with E-state index in [1.54, 1.807) is 12.1 Å². The lowest BCUT2D eigenvalue weighted by Gasteiger charge is -2.20. The van der Waals surface area contributed by atoms with Gasteiger partial charge in [0.1, 0.15) is 0 Å². The normalized spacial score (nSPS) is 12.7. The summed E-state index contributed by atoms with van der Waals surface area (Å²) < 4.78 is 34.0. The molecule has 0 spiro atoms. The van der Waals surface area contributed by atoms with Gasteiger partial charge in [-0.15, -0.1) is 0 Å². The van der Waals surface area contributed by atoms with Crippen molar-refractivity contribution in [2.45, 2.75) is 39.8 Å². The quantitative estimate of drug-likeness (QED) is 0.858. The molecule has 0 heterocycles. The zero-order chi connectivity index (χ0) is 16.0. The van der Waals surface area contributed by atoms with Crippen LogP contribution in [0, 0.1) is 0 Å². The molecule has 1 N–H and O–H groups in total. The van der Waals surface area contributed by atoms with E-state index < -0.39 is 6.61 Å². The van der Waals surface area contributed by atoms with E-state index in [-0.39, 0.29) is 11.3 Å². The molecule has 0 saturated heterocycles. The van der Waals surface area contributed by atoms with Crippen LogP contribution in [0.15, 0.2) is 23.8 Å². The molecule has 5 heteroatoms. The summed E-state index contributed by atoms with van der Waals surface area (Å²) in [6, 6.07) is 4.89. The van der Waals surface area contributed by atoms with E-state index in [1.165, 1.54) is 13.2 Å². The average molecular weight is 299 g/mol. The number of halogens is 2. The molecule has 0 aliphatic heterocycles. The Hall–Kier alpha value is -1.62. The second-order valence-corrected chi connectivity index (χ2v) is 5.88. The molecule has 0 aliphatic carbocycles. The zero-order valence-corrected chi connectivity index (χ0v) is 13.2. The zero-order valence-electron chi connectivity index (χ0n) is 13.2. The van der Waals surface area contributed by atoms with Crippen molar-refractivity contribution in [3.05, 3.63) is 29.3 Å². The molecule has 1 aromatic rings. The van der Waals surface area contributed by atoms with E-state index >= 15 is 0 Å². The Morgan fingerprint density at radius 1 is 1.29 bits per heavy atom. The van der Waals surface area contributed by atoms with Crippen LogP contribution < -0.4 is 14.8 Å². The van der Waals surface area contributed by atoms with Gasteiger partial charge in [0.25, 0.3) is 0 Å². The molecular formula is C16H23F2NO2. The molecule has 0 atom stereocenters. The van der Waals surface area contributed by atoms with Crippen LogP contribution in [0.4, 0.5) is 8.78 Å². The van der Waals surface area contributed by atoms with E-state index in [9.17, 15) is 8.78 Å². The Kier molecular flexibility index (Phi) is 6.15. The molecule has 0 bridgehead atoms. The van der Waals surface area contributed by atoms with Crippen LogP contribution in [-0.4, -0.2) is 25.8 Å². The van der Waals surface area contributed by atoms with Gasteiger partial charge >= 0.3 is 6.61 Å². The second-order valence-electron chi connectivity index (χ2n) is 5.88. The lowest BCUT2D eigenvalue weighted by Crippen LogP contribution is -2.36. The van der Waals surface area contributed by atoms with E-state index in [2.05, 4.69) is 30.8 Å². The molecule has 0 aliphatic rings. The second kappa shape index (κ2) is 7.41. The van der Waals surface area contributed by atoms with Crippen molar-refractivity contribution in [3.8, 4) is 11.5 Å². The molecule has 1 aromatic carbocycles. The van der Waals surface area contributed by atoms with E-state index in [4.69, 9.17) is 4.74 Å². The lowest BCUT2D eigenvalue weighted by molar-refractivity contribution is -0.0512. The fourth-order valence-electron chi connectivity index (χ4n) is 1.71. The molecule has 0 fully saturated rings. The maximum absolute atomic E-state index is 12.3. The van der Waals surface area contributed by atoms with E-state index in [0.717, 1.165) is 17.7 Å². The highest BCUT2D eigenvalue weighted by atomic mass is 19.3. The highest BCUT2D eigenvalue weighted by Crippen LogP contribution is 2.30. The first kappa shape index (κ1) is 17.4. The number of nitrogens with one attached hydrogen (secondary N) is 1. The monoisotopic (exact) mass is 299 g/mol. The number of methoxy groups -OCH3 is 1. The van der Waals surface area contributed by atoms with Crippen LogP contribution in [0.2, 0.25) is 0 Å². The summed E-state index contributed by atoms with van der Waals surface area (Å²) in [6.45, 7) is 6.19. The SMILES string of the molecule is COc1cc(C=C(C)CNC(C)(C)C)ccc1OC(F)F. The predicted octanol–water partition coefficient (Wildman–Crippen LogP) is 4.09. The number of rotatable bonds is 6. The summed E-state index contributed by atoms with van der Waals surface area (Å²) in [5.41, 5.74) is 2.05. The summed E-state index contributed by atoms with van der Waals surface area (Å²) >= 11 is 0. The topological polar surface area (TPSA) is 30.5 Å². The summed E-state index contributed by atoms with van der Waals surface area (Å²) in [5, 5.41) is 3.38. The van der Waals surface area contributed by atoms with E-state index in [1.807, 2.05) is 13.0 Å². The smallest absolute Gasteiger partial charge is 0.387 e. The van der Waals surface area contributed by atoms with Crippen molar-refractivity contribution in [3.63, 3.8) is 0 Å². The van der Waals surface area contributed by atoms with Gasteiger partial charge in [0.2, 0.25) is 0 Å². The molecule has 0 amide bonds. The Balaban J connectivity index is 2.84. The minimum Gasteiger partial charge on any atom is -0.493 e. The minimum atomic E-state index is -2.86. The van der Waals surface area contributed by atoms with Crippen LogP contribution >= 0.6 is 0 Å². The Morgan fingerprint density at radius 3 is 2.48 bits per heavy atom. The van der Waals surface area contributed by atoms with Crippen LogP contribution in [0.1, 0.15) is 33.3 Å². The molecule has 3 nitrogen and oxygen atoms in total. The average Bonchev–Trinajstić information content (AvgIpc) is 2.37. The van der Waals surface area contributed by atoms with Crippen LogP contribution in [-0.2, 0) is 0 Å². The molecule has 118 valence electrons. The van der Waals surface area contributed by atoms with E-state index in [0.29, 0.717) is 5.75 Å². The fraction of sp³-hybridized carbons (Fsp3) is 0.500. The third-order valence-electron chi connectivity index (χ3n) is 2.71. The fourth-order valence-corrected chi connectivity index (χ4v) is 1.71. The standard InChI is InChI=1S/C16H23F2NO2/c1-11(10-19-16(2,3)4)8-12-6-7-13(21-15(17)18)14(9-12)20-5/h6-9,15,19H,10H2,1-5H3. The van der Waals surface area contributed by atoms with Crippen molar-refractivity contribution in [2.75, 3.05) is 13.7 Å². The van der Waals surface area contributed by atoms with Gasteiger partial charge in [-0.05, 0) is 45.4 Å². The first-order valence-electron chi connectivity index (χ1n) is 6.76. The number of ether oxygens (including phenoxy) is 2. The molecule has 0 aromatic heterocycles. The van der Waals surface area contributed by atoms with Crippen LogP contribution in [0.3, 0.4) is 0 Å². The molecule has 0 saturated carbocycles. The Labute approximate surface area is 124 Å². The highest BCUT2D eigenvalue weighted by Gasteiger charge is 2.11. The number of alkyl halides is 2. The lowest BCUT2D eigenvalue weighted by atomic mass is 10.1. The minimum absolute atomic E-state index is 0.0371. The van der Waals surface area contributed by atoms with Gasteiger partial charge in [-0.25, -0.2) is 0 Å². The van der Waals surface area contributed by atoms with Gasteiger partial charge < -0.3 is 14.8 Å². The molecule has 0 radical (unpaired) electrons. The molecule has 21 heavy (non-hydrogen) atoms. The number of benzene rings is 1. The van der Waals surface area contributed by atoms with Crippen molar-refractivity contribution in [2.24, 2.45) is 0 Å². The van der Waals surface area contributed by atoms with Gasteiger partial charge in [-0.2, -0.15) is 8.78 Å². The van der Waals surface area contributed by atoms with Gasteiger partial charge in [-0.3, -0.25) is 0 Å². The van der Waals surface area contributed by atoms with Gasteiger partial charge in [-0.1, -0.05) is 17.7 Å². The van der Waals surface area contributed by atoms with Gasteiger partial charge in [0.15, 0.2) is 11.5 Å². The van der Waals surface area contributed by atoms with Crippen molar-refractivity contribution < 1.29 is 18.3 Å². The number of hydrogen-bond donors (Lipinski definition) is 1. The Bertz CT molecular complexity index is 494. The van der Waals surface area contributed by atoms with Crippen LogP contribution in [0.25, 0.3) is 6.08 Å². The third kappa shape index (κ3) is 6.58.